The molecule has 0 spiro atoms. The van der Waals surface area contributed by atoms with Gasteiger partial charge in [-0.1, -0.05) is 81.7 Å². The molecule has 0 bridgehead atoms. The summed E-state index contributed by atoms with van der Waals surface area (Å²) in [6, 6.07) is 6.78. The Morgan fingerprint density at radius 3 is 1.93 bits per heavy atom. The lowest BCUT2D eigenvalue weighted by atomic mass is 10.2. The van der Waals surface area contributed by atoms with Gasteiger partial charge in [0.05, 0.1) is 6.61 Å². The van der Waals surface area contributed by atoms with E-state index in [2.05, 4.69) is 15.0 Å². The Kier molecular flexibility index (Phi) is 6.79. The molecule has 6 nitrogen and oxygen atoms in total. The van der Waals surface area contributed by atoms with Crippen molar-refractivity contribution in [3.05, 3.63) is 35.9 Å². The fourth-order valence-electron chi connectivity index (χ4n) is 2.10. The monoisotopic (exact) mass is 521 g/mol. The van der Waals surface area contributed by atoms with E-state index in [0.29, 0.717) is 12.2 Å². The molecule has 28 heavy (non-hydrogen) atoms. The molecule has 1 aliphatic rings. The summed E-state index contributed by atoms with van der Waals surface area (Å²) in [5, 5.41) is 8.60. The molecule has 3 rings (SSSR count). The van der Waals surface area contributed by atoms with Crippen LogP contribution in [0.2, 0.25) is 0 Å². The molecular formula is C15H9Cl6N3O3S. The molecule has 1 aromatic carbocycles. The van der Waals surface area contributed by atoms with Crippen LogP contribution in [0.4, 0.5) is 0 Å². The Bertz CT molecular complexity index is 852. The summed E-state index contributed by atoms with van der Waals surface area (Å²) < 4.78 is 1.19. The summed E-state index contributed by atoms with van der Waals surface area (Å²) in [6.45, 7) is 0.437. The van der Waals surface area contributed by atoms with Gasteiger partial charge in [-0.25, -0.2) is 15.0 Å². The van der Waals surface area contributed by atoms with Crippen molar-refractivity contribution in [2.45, 2.75) is 23.8 Å². The van der Waals surface area contributed by atoms with E-state index in [1.54, 1.807) is 24.3 Å². The third kappa shape index (κ3) is 5.67. The van der Waals surface area contributed by atoms with Gasteiger partial charge in [0.2, 0.25) is 7.59 Å². The molecule has 0 aliphatic carbocycles. The summed E-state index contributed by atoms with van der Waals surface area (Å²) >= 11 is 36.4. The van der Waals surface area contributed by atoms with Gasteiger partial charge < -0.3 is 9.84 Å². The minimum Gasteiger partial charge on any atom is -0.480 e. The highest BCUT2D eigenvalue weighted by molar-refractivity contribution is 8.00. The van der Waals surface area contributed by atoms with Gasteiger partial charge in [0.1, 0.15) is 11.4 Å². The first-order valence-corrected chi connectivity index (χ1v) is 10.6. The lowest BCUT2D eigenvalue weighted by molar-refractivity contribution is -0.136. The van der Waals surface area contributed by atoms with Crippen LogP contribution in [0.1, 0.15) is 11.6 Å². The van der Waals surface area contributed by atoms with Gasteiger partial charge in [0.25, 0.3) is 0 Å². The third-order valence-corrected chi connectivity index (χ3v) is 5.78. The van der Waals surface area contributed by atoms with Crippen LogP contribution in [0.25, 0.3) is 11.4 Å². The molecule has 150 valence electrons. The van der Waals surface area contributed by atoms with Crippen LogP contribution < -0.4 is 0 Å². The largest absolute Gasteiger partial charge is 0.480 e. The molecule has 2 atom stereocenters. The summed E-state index contributed by atoms with van der Waals surface area (Å²) in [4.78, 5) is 24.2. The number of carbonyl (C=O) groups is 1. The van der Waals surface area contributed by atoms with Crippen LogP contribution in [0.5, 0.6) is 0 Å². The first-order chi connectivity index (χ1) is 12.9. The fourth-order valence-corrected chi connectivity index (χ4v) is 3.61. The van der Waals surface area contributed by atoms with Crippen molar-refractivity contribution in [2.24, 2.45) is 0 Å². The topological polar surface area (TPSA) is 88.5 Å². The molecule has 1 N–H and O–H groups in total. The van der Waals surface area contributed by atoms with Crippen molar-refractivity contribution in [3.63, 3.8) is 0 Å². The second kappa shape index (κ2) is 8.47. The second-order valence-electron chi connectivity index (χ2n) is 5.57. The molecule has 1 aliphatic heterocycles. The number of benzene rings is 1. The minimum absolute atomic E-state index is 0.134. The number of aliphatic carboxylic acids is 1. The van der Waals surface area contributed by atoms with E-state index in [0.717, 1.165) is 4.90 Å². The van der Waals surface area contributed by atoms with Gasteiger partial charge in [-0.3, -0.25) is 4.79 Å². The highest BCUT2D eigenvalue weighted by Gasteiger charge is 2.38. The number of halogens is 6. The van der Waals surface area contributed by atoms with Crippen molar-refractivity contribution in [2.75, 3.05) is 6.61 Å². The van der Waals surface area contributed by atoms with E-state index in [1.165, 1.54) is 11.8 Å². The lowest BCUT2D eigenvalue weighted by Gasteiger charge is -2.15. The van der Waals surface area contributed by atoms with E-state index < -0.39 is 18.8 Å². The Morgan fingerprint density at radius 2 is 1.54 bits per heavy atom. The lowest BCUT2D eigenvalue weighted by Crippen LogP contribution is -2.22. The molecule has 2 unspecified atom stereocenters. The number of carboxylic acids is 1. The number of alkyl halides is 6. The molecule has 0 amide bonds. The molecule has 13 heteroatoms. The predicted octanol–water partition coefficient (Wildman–Crippen LogP) is 5.14. The van der Waals surface area contributed by atoms with Crippen LogP contribution in [0.3, 0.4) is 0 Å². The van der Waals surface area contributed by atoms with Crippen molar-refractivity contribution in [1.82, 2.24) is 15.0 Å². The van der Waals surface area contributed by atoms with Gasteiger partial charge in [-0.15, -0.1) is 11.8 Å². The second-order valence-corrected chi connectivity index (χ2v) is 11.4. The highest BCUT2D eigenvalue weighted by Crippen LogP contribution is 2.41. The third-order valence-electron chi connectivity index (χ3n) is 3.46. The van der Waals surface area contributed by atoms with Gasteiger partial charge in [-0.05, 0) is 12.1 Å². The average Bonchev–Trinajstić information content (AvgIpc) is 3.43. The fraction of sp³-hybridized carbons (Fsp3) is 0.333. The van der Waals surface area contributed by atoms with Crippen LogP contribution in [0, 0.1) is 0 Å². The number of epoxide rings is 1. The molecule has 2 aromatic rings. The van der Waals surface area contributed by atoms with E-state index in [9.17, 15) is 9.90 Å². The number of carboxylic acid groups (broad SMARTS) is 1. The molecule has 2 heterocycles. The van der Waals surface area contributed by atoms with E-state index in [-0.39, 0.29) is 23.6 Å². The Balaban J connectivity index is 1.91. The number of hydrogen-bond acceptors (Lipinski definition) is 6. The molecule has 1 aromatic heterocycles. The number of ether oxygens (including phenoxy) is 1. The average molecular weight is 524 g/mol. The molecule has 1 saturated heterocycles. The Hall–Kier alpha value is -0.250. The zero-order valence-corrected chi connectivity index (χ0v) is 18.8. The summed E-state index contributed by atoms with van der Waals surface area (Å²) in [5.74, 6) is -1.19. The first-order valence-electron chi connectivity index (χ1n) is 7.47. The number of nitrogens with zero attached hydrogens (tertiary/aromatic N) is 3. The van der Waals surface area contributed by atoms with Crippen molar-refractivity contribution in [3.8, 4) is 11.4 Å². The normalized spacial score (nSPS) is 18.0. The van der Waals surface area contributed by atoms with Gasteiger partial charge in [0, 0.05) is 10.5 Å². The minimum atomic E-state index is -1.95. The Labute approximate surface area is 193 Å². The zero-order valence-electron chi connectivity index (χ0n) is 13.5. The Morgan fingerprint density at radius 1 is 1.04 bits per heavy atom. The van der Waals surface area contributed by atoms with E-state index in [1.807, 2.05) is 0 Å². The molecule has 0 saturated carbocycles. The van der Waals surface area contributed by atoms with Gasteiger partial charge in [0.15, 0.2) is 17.5 Å². The van der Waals surface area contributed by atoms with Gasteiger partial charge >= 0.3 is 5.97 Å². The standard InChI is InChI=1S/C15H9Cl6N3O3S/c16-14(17,18)12-22-10(23-13(24-12)15(19,20)21)6-1-3-7(4-2-6)28-9(11(25)26)8-5-27-8/h1-4,8-9H,5H2,(H,25,26). The maximum Gasteiger partial charge on any atom is 0.319 e. The van der Waals surface area contributed by atoms with Crippen LogP contribution in [-0.2, 0) is 17.1 Å². The van der Waals surface area contributed by atoms with Crippen molar-refractivity contribution < 1.29 is 14.6 Å². The molecular weight excluding hydrogens is 515 g/mol. The molecule has 1 fully saturated rings. The highest BCUT2D eigenvalue weighted by atomic mass is 35.6. The number of rotatable bonds is 5. The number of aromatic nitrogens is 3. The van der Waals surface area contributed by atoms with Crippen molar-refractivity contribution >= 4 is 87.3 Å². The van der Waals surface area contributed by atoms with E-state index in [4.69, 9.17) is 74.3 Å². The number of thioether (sulfide) groups is 1. The number of hydrogen-bond donors (Lipinski definition) is 1. The summed E-state index contributed by atoms with van der Waals surface area (Å²) in [7, 11) is 0. The summed E-state index contributed by atoms with van der Waals surface area (Å²) in [6.07, 6.45) is -0.288. The van der Waals surface area contributed by atoms with Gasteiger partial charge in [-0.2, -0.15) is 0 Å². The quantitative estimate of drug-likeness (QED) is 0.330. The van der Waals surface area contributed by atoms with Crippen LogP contribution in [-0.4, -0.2) is 44.0 Å². The smallest absolute Gasteiger partial charge is 0.319 e. The molecule has 0 radical (unpaired) electrons. The van der Waals surface area contributed by atoms with Crippen LogP contribution >= 0.6 is 81.4 Å². The first kappa shape index (κ1) is 22.4. The predicted molar refractivity (Wildman–Crippen MR) is 111 cm³/mol. The SMILES string of the molecule is O=C(O)C(Sc1ccc(-c2nc(C(Cl)(Cl)Cl)nc(C(Cl)(Cl)Cl)n2)cc1)C1CO1. The maximum absolute atomic E-state index is 11.3. The van der Waals surface area contributed by atoms with E-state index >= 15 is 0 Å². The van der Waals surface area contributed by atoms with Crippen molar-refractivity contribution in [1.29, 1.82) is 0 Å². The summed E-state index contributed by atoms with van der Waals surface area (Å²) in [5.41, 5.74) is 0.535. The maximum atomic E-state index is 11.3. The van der Waals surface area contributed by atoms with Crippen LogP contribution in [0.15, 0.2) is 29.2 Å². The zero-order chi connectivity index (χ0) is 20.7.